The Morgan fingerprint density at radius 1 is 1.47 bits per heavy atom. The van der Waals surface area contributed by atoms with Crippen LogP contribution in [0.15, 0.2) is 16.5 Å². The lowest BCUT2D eigenvalue weighted by molar-refractivity contribution is -0.143. The first-order valence-electron chi connectivity index (χ1n) is 5.81. The Bertz CT molecular complexity index is 335. The Labute approximate surface area is 101 Å². The predicted octanol–water partition coefficient (Wildman–Crippen LogP) is 1.20. The first kappa shape index (κ1) is 13.7. The monoisotopic (exact) mass is 241 g/mol. The minimum Gasteiger partial charge on any atom is -0.466 e. The van der Waals surface area contributed by atoms with E-state index in [2.05, 4.69) is 5.32 Å². The number of hydrogen-bond donors (Lipinski definition) is 2. The van der Waals surface area contributed by atoms with Crippen molar-refractivity contribution >= 4 is 5.97 Å². The van der Waals surface area contributed by atoms with Gasteiger partial charge >= 0.3 is 5.97 Å². The zero-order chi connectivity index (χ0) is 12.5. The van der Waals surface area contributed by atoms with E-state index in [0.29, 0.717) is 25.3 Å². The summed E-state index contributed by atoms with van der Waals surface area (Å²) in [7, 11) is 0. The van der Waals surface area contributed by atoms with Crippen LogP contribution in [0.5, 0.6) is 0 Å². The van der Waals surface area contributed by atoms with Crippen molar-refractivity contribution in [3.63, 3.8) is 0 Å². The van der Waals surface area contributed by atoms with Gasteiger partial charge < -0.3 is 19.6 Å². The first-order valence-corrected chi connectivity index (χ1v) is 5.81. The SMILES string of the molecule is CCOC(=O)CCCNCc1ccc(CO)o1. The summed E-state index contributed by atoms with van der Waals surface area (Å²) in [5.74, 6) is 1.19. The zero-order valence-corrected chi connectivity index (χ0v) is 10.1. The highest BCUT2D eigenvalue weighted by Gasteiger charge is 2.02. The van der Waals surface area contributed by atoms with Gasteiger partial charge in [-0.2, -0.15) is 0 Å². The van der Waals surface area contributed by atoms with E-state index in [0.717, 1.165) is 18.7 Å². The minimum atomic E-state index is -0.158. The van der Waals surface area contributed by atoms with E-state index in [4.69, 9.17) is 14.3 Å². The van der Waals surface area contributed by atoms with E-state index in [9.17, 15) is 4.79 Å². The summed E-state index contributed by atoms with van der Waals surface area (Å²) in [6.45, 7) is 3.48. The van der Waals surface area contributed by atoms with Gasteiger partial charge in [-0.05, 0) is 32.0 Å². The number of furan rings is 1. The minimum absolute atomic E-state index is 0.0805. The van der Waals surface area contributed by atoms with Crippen molar-refractivity contribution in [3.8, 4) is 0 Å². The lowest BCUT2D eigenvalue weighted by Gasteiger charge is -2.03. The number of hydrogen-bond acceptors (Lipinski definition) is 5. The number of carbonyl (C=O) groups excluding carboxylic acids is 1. The molecule has 0 saturated carbocycles. The normalized spacial score (nSPS) is 10.5. The molecule has 2 N–H and O–H groups in total. The second-order valence-corrected chi connectivity index (χ2v) is 3.61. The van der Waals surface area contributed by atoms with E-state index in [1.807, 2.05) is 6.07 Å². The van der Waals surface area contributed by atoms with Gasteiger partial charge in [0.2, 0.25) is 0 Å². The molecule has 96 valence electrons. The third kappa shape index (κ3) is 5.51. The molecule has 17 heavy (non-hydrogen) atoms. The van der Waals surface area contributed by atoms with Crippen molar-refractivity contribution in [1.29, 1.82) is 0 Å². The molecule has 0 aliphatic heterocycles. The van der Waals surface area contributed by atoms with Crippen LogP contribution in [0.1, 0.15) is 31.3 Å². The first-order chi connectivity index (χ1) is 8.26. The second kappa shape index (κ2) is 7.86. The van der Waals surface area contributed by atoms with Crippen LogP contribution in [0.25, 0.3) is 0 Å². The van der Waals surface area contributed by atoms with Gasteiger partial charge in [-0.3, -0.25) is 4.79 Å². The quantitative estimate of drug-likeness (QED) is 0.528. The molecule has 1 heterocycles. The molecule has 0 unspecified atom stereocenters. The van der Waals surface area contributed by atoms with Gasteiger partial charge in [-0.1, -0.05) is 0 Å². The van der Waals surface area contributed by atoms with Crippen LogP contribution in [0, 0.1) is 0 Å². The molecule has 0 aliphatic rings. The highest BCUT2D eigenvalue weighted by Crippen LogP contribution is 2.07. The summed E-state index contributed by atoms with van der Waals surface area (Å²) in [5.41, 5.74) is 0. The highest BCUT2D eigenvalue weighted by atomic mass is 16.5. The summed E-state index contributed by atoms with van der Waals surface area (Å²) in [4.78, 5) is 11.0. The van der Waals surface area contributed by atoms with Crippen LogP contribution in [0.4, 0.5) is 0 Å². The molecule has 0 aromatic carbocycles. The lowest BCUT2D eigenvalue weighted by atomic mass is 10.3. The van der Waals surface area contributed by atoms with Crippen LogP contribution in [-0.2, 0) is 22.7 Å². The molecule has 0 saturated heterocycles. The van der Waals surface area contributed by atoms with Crippen LogP contribution in [0.3, 0.4) is 0 Å². The van der Waals surface area contributed by atoms with E-state index >= 15 is 0 Å². The second-order valence-electron chi connectivity index (χ2n) is 3.61. The number of esters is 1. The Hall–Kier alpha value is -1.33. The zero-order valence-electron chi connectivity index (χ0n) is 10.1. The average Bonchev–Trinajstić information content (AvgIpc) is 2.77. The molecule has 0 spiro atoms. The molecule has 5 heteroatoms. The maximum atomic E-state index is 11.0. The molecule has 0 fully saturated rings. The lowest BCUT2D eigenvalue weighted by Crippen LogP contribution is -2.16. The number of aliphatic hydroxyl groups is 1. The van der Waals surface area contributed by atoms with Gasteiger partial charge in [0.1, 0.15) is 18.1 Å². The maximum Gasteiger partial charge on any atom is 0.305 e. The van der Waals surface area contributed by atoms with Gasteiger partial charge in [-0.15, -0.1) is 0 Å². The third-order valence-electron chi connectivity index (χ3n) is 2.21. The van der Waals surface area contributed by atoms with Crippen molar-refractivity contribution in [1.82, 2.24) is 5.32 Å². The molecule has 0 atom stereocenters. The van der Waals surface area contributed by atoms with E-state index in [1.165, 1.54) is 0 Å². The van der Waals surface area contributed by atoms with Gasteiger partial charge in [0.15, 0.2) is 0 Å². The van der Waals surface area contributed by atoms with Crippen molar-refractivity contribution in [2.24, 2.45) is 0 Å². The molecule has 0 radical (unpaired) electrons. The predicted molar refractivity (Wildman–Crippen MR) is 62.2 cm³/mol. The molecular weight excluding hydrogens is 222 g/mol. The topological polar surface area (TPSA) is 71.7 Å². The van der Waals surface area contributed by atoms with Crippen LogP contribution >= 0.6 is 0 Å². The van der Waals surface area contributed by atoms with Crippen molar-refractivity contribution in [2.45, 2.75) is 32.9 Å². The van der Waals surface area contributed by atoms with Crippen molar-refractivity contribution in [2.75, 3.05) is 13.2 Å². The molecule has 1 aromatic heterocycles. The van der Waals surface area contributed by atoms with E-state index in [1.54, 1.807) is 13.0 Å². The fourth-order valence-corrected chi connectivity index (χ4v) is 1.40. The largest absolute Gasteiger partial charge is 0.466 e. The Morgan fingerprint density at radius 3 is 2.88 bits per heavy atom. The standard InChI is InChI=1S/C12H19NO4/c1-2-16-12(15)4-3-7-13-8-10-5-6-11(9-14)17-10/h5-6,13-14H,2-4,7-9H2,1H3. The Balaban J connectivity index is 2.06. The molecule has 0 bridgehead atoms. The summed E-state index contributed by atoms with van der Waals surface area (Å²) < 4.78 is 10.1. The Morgan fingerprint density at radius 2 is 2.24 bits per heavy atom. The number of aliphatic hydroxyl groups excluding tert-OH is 1. The molecule has 0 aliphatic carbocycles. The summed E-state index contributed by atoms with van der Waals surface area (Å²) in [6, 6.07) is 3.57. The summed E-state index contributed by atoms with van der Waals surface area (Å²) >= 11 is 0. The number of carbonyl (C=O) groups is 1. The number of rotatable bonds is 8. The Kier molecular flexibility index (Phi) is 6.35. The number of nitrogens with one attached hydrogen (secondary N) is 1. The van der Waals surface area contributed by atoms with Crippen LogP contribution in [0.2, 0.25) is 0 Å². The molecule has 0 amide bonds. The maximum absolute atomic E-state index is 11.0. The smallest absolute Gasteiger partial charge is 0.305 e. The van der Waals surface area contributed by atoms with Gasteiger partial charge in [0.25, 0.3) is 0 Å². The van der Waals surface area contributed by atoms with Gasteiger partial charge in [0.05, 0.1) is 13.2 Å². The average molecular weight is 241 g/mol. The highest BCUT2D eigenvalue weighted by molar-refractivity contribution is 5.69. The van der Waals surface area contributed by atoms with E-state index in [-0.39, 0.29) is 12.6 Å². The summed E-state index contributed by atoms with van der Waals surface area (Å²) in [5, 5.41) is 12.0. The molecular formula is C12H19NO4. The molecule has 1 aromatic rings. The fraction of sp³-hybridized carbons (Fsp3) is 0.583. The van der Waals surface area contributed by atoms with Crippen molar-refractivity contribution < 1.29 is 19.1 Å². The van der Waals surface area contributed by atoms with E-state index < -0.39 is 0 Å². The van der Waals surface area contributed by atoms with Gasteiger partial charge in [-0.25, -0.2) is 0 Å². The fourth-order valence-electron chi connectivity index (χ4n) is 1.40. The number of ether oxygens (including phenoxy) is 1. The third-order valence-corrected chi connectivity index (χ3v) is 2.21. The van der Waals surface area contributed by atoms with Crippen molar-refractivity contribution in [3.05, 3.63) is 23.7 Å². The van der Waals surface area contributed by atoms with Crippen LogP contribution < -0.4 is 5.32 Å². The van der Waals surface area contributed by atoms with Gasteiger partial charge in [0, 0.05) is 6.42 Å². The molecule has 1 rings (SSSR count). The summed E-state index contributed by atoms with van der Waals surface area (Å²) in [6.07, 6.45) is 1.17. The van der Waals surface area contributed by atoms with Crippen LogP contribution in [-0.4, -0.2) is 24.2 Å². The molecule has 5 nitrogen and oxygen atoms in total.